The summed E-state index contributed by atoms with van der Waals surface area (Å²) in [6.45, 7) is 6.52. The molecule has 0 aromatic rings. The largest absolute Gasteiger partial charge is 0.379 e. The summed E-state index contributed by atoms with van der Waals surface area (Å²) in [6.07, 6.45) is 1.12. The third kappa shape index (κ3) is 3.64. The first-order chi connectivity index (χ1) is 8.59. The van der Waals surface area contributed by atoms with Gasteiger partial charge in [-0.1, -0.05) is 6.92 Å². The van der Waals surface area contributed by atoms with Gasteiger partial charge in [-0.25, -0.2) is 4.72 Å². The number of rotatable bonds is 4. The number of piperidine rings is 1. The molecule has 2 aliphatic heterocycles. The summed E-state index contributed by atoms with van der Waals surface area (Å²) >= 11 is 0. The topological polar surface area (TPSA) is 70.7 Å². The predicted octanol–water partition coefficient (Wildman–Crippen LogP) is -0.601. The first-order valence-electron chi connectivity index (χ1n) is 6.63. The smallest absolute Gasteiger partial charge is 0.279 e. The fourth-order valence-corrected chi connectivity index (χ4v) is 3.66. The molecule has 2 fully saturated rings. The number of morpholine rings is 1. The molecular weight excluding hydrogens is 254 g/mol. The van der Waals surface area contributed by atoms with Gasteiger partial charge in [0.2, 0.25) is 0 Å². The fourth-order valence-electron chi connectivity index (χ4n) is 2.42. The minimum atomic E-state index is -3.33. The summed E-state index contributed by atoms with van der Waals surface area (Å²) in [5.41, 5.74) is 0. The Morgan fingerprint density at radius 1 is 1.39 bits per heavy atom. The van der Waals surface area contributed by atoms with Gasteiger partial charge in [-0.05, 0) is 31.3 Å². The van der Waals surface area contributed by atoms with Crippen LogP contribution in [0.25, 0.3) is 0 Å². The molecule has 2 saturated heterocycles. The van der Waals surface area contributed by atoms with E-state index in [-0.39, 0.29) is 0 Å². The Morgan fingerprint density at radius 2 is 2.11 bits per heavy atom. The quantitative estimate of drug-likeness (QED) is 0.720. The first kappa shape index (κ1) is 14.2. The molecule has 2 rings (SSSR count). The molecule has 2 N–H and O–H groups in total. The van der Waals surface area contributed by atoms with Gasteiger partial charge in [-0.15, -0.1) is 0 Å². The van der Waals surface area contributed by atoms with Gasteiger partial charge in [-0.2, -0.15) is 12.7 Å². The van der Waals surface area contributed by atoms with Gasteiger partial charge in [-0.3, -0.25) is 0 Å². The molecule has 0 aromatic heterocycles. The summed E-state index contributed by atoms with van der Waals surface area (Å²) in [6, 6.07) is 0. The van der Waals surface area contributed by atoms with E-state index in [0.717, 1.165) is 19.5 Å². The van der Waals surface area contributed by atoms with E-state index >= 15 is 0 Å². The van der Waals surface area contributed by atoms with Crippen molar-refractivity contribution in [3.63, 3.8) is 0 Å². The Kier molecular flexibility index (Phi) is 4.97. The van der Waals surface area contributed by atoms with Crippen molar-refractivity contribution >= 4 is 10.2 Å². The minimum absolute atomic E-state index is 0.384. The lowest BCUT2D eigenvalue weighted by Gasteiger charge is -2.31. The van der Waals surface area contributed by atoms with Crippen LogP contribution in [0.15, 0.2) is 0 Å². The molecule has 6 nitrogen and oxygen atoms in total. The SMILES string of the molecule is CC1CCNCC1CNS(=O)(=O)N1CCOCC1. The molecular formula is C11H23N3O3S. The molecule has 0 aromatic carbocycles. The zero-order valence-electron chi connectivity index (χ0n) is 10.9. The van der Waals surface area contributed by atoms with E-state index in [1.807, 2.05) is 0 Å². The molecule has 0 radical (unpaired) electrons. The van der Waals surface area contributed by atoms with Crippen LogP contribution >= 0.6 is 0 Å². The molecule has 0 amide bonds. The van der Waals surface area contributed by atoms with Crippen molar-refractivity contribution in [1.82, 2.24) is 14.3 Å². The molecule has 2 unspecified atom stereocenters. The Hall–Kier alpha value is -0.210. The van der Waals surface area contributed by atoms with Crippen molar-refractivity contribution in [2.24, 2.45) is 11.8 Å². The summed E-state index contributed by atoms with van der Waals surface area (Å²) in [5.74, 6) is 0.952. The van der Waals surface area contributed by atoms with Crippen molar-refractivity contribution in [3.05, 3.63) is 0 Å². The van der Waals surface area contributed by atoms with E-state index in [4.69, 9.17) is 4.74 Å². The average molecular weight is 277 g/mol. The third-order valence-electron chi connectivity index (χ3n) is 3.83. The number of nitrogens with zero attached hydrogens (tertiary/aromatic N) is 1. The van der Waals surface area contributed by atoms with Gasteiger partial charge in [0.05, 0.1) is 13.2 Å². The Labute approximate surface area is 109 Å². The zero-order chi connectivity index (χ0) is 13.0. The van der Waals surface area contributed by atoms with E-state index < -0.39 is 10.2 Å². The predicted molar refractivity (Wildman–Crippen MR) is 69.5 cm³/mol. The van der Waals surface area contributed by atoms with Crippen molar-refractivity contribution in [1.29, 1.82) is 0 Å². The Morgan fingerprint density at radius 3 is 2.78 bits per heavy atom. The molecule has 2 aliphatic rings. The van der Waals surface area contributed by atoms with E-state index in [1.165, 1.54) is 4.31 Å². The summed E-state index contributed by atoms with van der Waals surface area (Å²) in [4.78, 5) is 0. The van der Waals surface area contributed by atoms with Crippen LogP contribution in [0.3, 0.4) is 0 Å². The van der Waals surface area contributed by atoms with Crippen LogP contribution in [-0.4, -0.2) is 58.7 Å². The number of ether oxygens (including phenoxy) is 1. The molecule has 0 saturated carbocycles. The van der Waals surface area contributed by atoms with E-state index in [0.29, 0.717) is 44.7 Å². The molecule has 2 atom stereocenters. The van der Waals surface area contributed by atoms with Crippen molar-refractivity contribution in [2.75, 3.05) is 45.9 Å². The third-order valence-corrected chi connectivity index (χ3v) is 5.40. The minimum Gasteiger partial charge on any atom is -0.379 e. The van der Waals surface area contributed by atoms with Crippen LogP contribution in [0, 0.1) is 11.8 Å². The molecule has 18 heavy (non-hydrogen) atoms. The summed E-state index contributed by atoms with van der Waals surface area (Å²) in [7, 11) is -3.33. The number of nitrogens with one attached hydrogen (secondary N) is 2. The number of hydrogen-bond donors (Lipinski definition) is 2. The van der Waals surface area contributed by atoms with Crippen LogP contribution in [0.4, 0.5) is 0 Å². The molecule has 0 bridgehead atoms. The lowest BCUT2D eigenvalue weighted by molar-refractivity contribution is 0.0723. The van der Waals surface area contributed by atoms with Crippen molar-refractivity contribution < 1.29 is 13.2 Å². The van der Waals surface area contributed by atoms with Crippen LogP contribution in [0.2, 0.25) is 0 Å². The van der Waals surface area contributed by atoms with E-state index in [9.17, 15) is 8.42 Å². The van der Waals surface area contributed by atoms with Crippen molar-refractivity contribution in [3.8, 4) is 0 Å². The van der Waals surface area contributed by atoms with Gasteiger partial charge in [0, 0.05) is 19.6 Å². The van der Waals surface area contributed by atoms with Crippen LogP contribution in [-0.2, 0) is 14.9 Å². The monoisotopic (exact) mass is 277 g/mol. The molecule has 0 spiro atoms. The summed E-state index contributed by atoms with van der Waals surface area (Å²) < 4.78 is 33.5. The standard InChI is InChI=1S/C11H23N3O3S/c1-10-2-3-12-8-11(10)9-13-18(15,16)14-4-6-17-7-5-14/h10-13H,2-9H2,1H3. The van der Waals surface area contributed by atoms with Gasteiger partial charge in [0.25, 0.3) is 10.2 Å². The Bertz CT molecular complexity index is 355. The van der Waals surface area contributed by atoms with Crippen LogP contribution in [0.5, 0.6) is 0 Å². The van der Waals surface area contributed by atoms with E-state index in [1.54, 1.807) is 0 Å². The van der Waals surface area contributed by atoms with Gasteiger partial charge < -0.3 is 10.1 Å². The van der Waals surface area contributed by atoms with Gasteiger partial charge in [0.1, 0.15) is 0 Å². The van der Waals surface area contributed by atoms with Crippen molar-refractivity contribution in [2.45, 2.75) is 13.3 Å². The highest BCUT2D eigenvalue weighted by atomic mass is 32.2. The second-order valence-electron chi connectivity index (χ2n) is 5.10. The highest BCUT2D eigenvalue weighted by Gasteiger charge is 2.27. The maximum absolute atomic E-state index is 12.1. The maximum atomic E-state index is 12.1. The zero-order valence-corrected chi connectivity index (χ0v) is 11.7. The Balaban J connectivity index is 1.84. The highest BCUT2D eigenvalue weighted by Crippen LogP contribution is 2.17. The van der Waals surface area contributed by atoms with Crippen LogP contribution in [0.1, 0.15) is 13.3 Å². The second kappa shape index (κ2) is 6.29. The molecule has 0 aliphatic carbocycles. The first-order valence-corrected chi connectivity index (χ1v) is 8.07. The lowest BCUT2D eigenvalue weighted by atomic mass is 9.88. The lowest BCUT2D eigenvalue weighted by Crippen LogP contribution is -2.49. The fraction of sp³-hybridized carbons (Fsp3) is 1.00. The van der Waals surface area contributed by atoms with E-state index in [2.05, 4.69) is 17.0 Å². The van der Waals surface area contributed by atoms with Gasteiger partial charge in [0.15, 0.2) is 0 Å². The maximum Gasteiger partial charge on any atom is 0.279 e. The highest BCUT2D eigenvalue weighted by molar-refractivity contribution is 7.87. The molecule has 7 heteroatoms. The molecule has 106 valence electrons. The average Bonchev–Trinajstić information content (AvgIpc) is 2.39. The summed E-state index contributed by atoms with van der Waals surface area (Å²) in [5, 5.41) is 3.31. The normalized spacial score (nSPS) is 31.4. The molecule has 2 heterocycles. The second-order valence-corrected chi connectivity index (χ2v) is 6.85. The van der Waals surface area contributed by atoms with Gasteiger partial charge >= 0.3 is 0 Å². The number of hydrogen-bond acceptors (Lipinski definition) is 4. The van der Waals surface area contributed by atoms with Crippen LogP contribution < -0.4 is 10.0 Å².